The van der Waals surface area contributed by atoms with Crippen molar-refractivity contribution < 1.29 is 14.1 Å². The lowest BCUT2D eigenvalue weighted by Crippen LogP contribution is -2.45. The predicted octanol–water partition coefficient (Wildman–Crippen LogP) is 0.911. The van der Waals surface area contributed by atoms with Gasteiger partial charge in [0.15, 0.2) is 5.82 Å². The number of carbonyl (C=O) groups excluding carboxylic acids is 1. The number of hydrogen-bond acceptors (Lipinski definition) is 6. The number of amides is 1. The summed E-state index contributed by atoms with van der Waals surface area (Å²) in [6, 6.07) is -0.0351. The Morgan fingerprint density at radius 3 is 3.00 bits per heavy atom. The first-order valence-electron chi connectivity index (χ1n) is 6.98. The van der Waals surface area contributed by atoms with E-state index >= 15 is 0 Å². The zero-order valence-corrected chi connectivity index (χ0v) is 12.0. The fourth-order valence-corrected chi connectivity index (χ4v) is 2.69. The van der Waals surface area contributed by atoms with Gasteiger partial charge in [-0.15, -0.1) is 0 Å². The molecule has 0 unspecified atom stereocenters. The molecule has 2 rings (SSSR count). The molecule has 1 aliphatic carbocycles. The highest BCUT2D eigenvalue weighted by Gasteiger charge is 2.31. The molecule has 0 spiro atoms. The van der Waals surface area contributed by atoms with E-state index in [4.69, 9.17) is 15.0 Å². The number of ether oxygens (including phenoxy) is 1. The van der Waals surface area contributed by atoms with Crippen LogP contribution in [0.4, 0.5) is 0 Å². The second-order valence-electron chi connectivity index (χ2n) is 5.27. The molecule has 20 heavy (non-hydrogen) atoms. The maximum absolute atomic E-state index is 11.5. The molecule has 7 heteroatoms. The molecule has 0 bridgehead atoms. The van der Waals surface area contributed by atoms with E-state index < -0.39 is 0 Å². The van der Waals surface area contributed by atoms with Crippen LogP contribution in [0.5, 0.6) is 0 Å². The van der Waals surface area contributed by atoms with Crippen LogP contribution in [0.1, 0.15) is 50.4 Å². The monoisotopic (exact) mass is 282 g/mol. The number of nitrogens with zero attached hydrogens (tertiary/aromatic N) is 2. The van der Waals surface area contributed by atoms with Crippen molar-refractivity contribution in [1.82, 2.24) is 15.5 Å². The molecule has 7 nitrogen and oxygen atoms in total. The summed E-state index contributed by atoms with van der Waals surface area (Å²) in [4.78, 5) is 15.7. The second kappa shape index (κ2) is 6.81. The predicted molar refractivity (Wildman–Crippen MR) is 71.5 cm³/mol. The molecule has 1 saturated carbocycles. The average Bonchev–Trinajstić information content (AvgIpc) is 2.88. The molecule has 0 saturated heterocycles. The first-order chi connectivity index (χ1) is 9.61. The summed E-state index contributed by atoms with van der Waals surface area (Å²) in [7, 11) is 1.58. The van der Waals surface area contributed by atoms with Gasteiger partial charge in [0.2, 0.25) is 11.8 Å². The summed E-state index contributed by atoms with van der Waals surface area (Å²) in [6.45, 7) is 2.26. The van der Waals surface area contributed by atoms with Crippen molar-refractivity contribution in [2.24, 2.45) is 11.7 Å². The number of primary amides is 1. The number of aromatic nitrogens is 2. The van der Waals surface area contributed by atoms with Gasteiger partial charge < -0.3 is 20.3 Å². The Hall–Kier alpha value is -1.47. The summed E-state index contributed by atoms with van der Waals surface area (Å²) in [6.07, 6.45) is 3.95. The molecule has 3 atom stereocenters. The van der Waals surface area contributed by atoms with E-state index in [0.29, 0.717) is 18.3 Å². The Morgan fingerprint density at radius 1 is 1.55 bits per heavy atom. The van der Waals surface area contributed by atoms with E-state index in [1.807, 2.05) is 6.92 Å². The molecule has 1 aromatic rings. The molecule has 1 aromatic heterocycles. The Bertz CT molecular complexity index is 449. The van der Waals surface area contributed by atoms with Crippen molar-refractivity contribution in [3.05, 3.63) is 11.7 Å². The van der Waals surface area contributed by atoms with Gasteiger partial charge in [0.05, 0.1) is 12.0 Å². The van der Waals surface area contributed by atoms with Crippen LogP contribution >= 0.6 is 0 Å². The average molecular weight is 282 g/mol. The molecule has 1 aliphatic rings. The number of hydrogen-bond donors (Lipinski definition) is 2. The maximum Gasteiger partial charge on any atom is 0.243 e. The van der Waals surface area contributed by atoms with E-state index in [0.717, 1.165) is 25.7 Å². The van der Waals surface area contributed by atoms with Crippen LogP contribution in [0.15, 0.2) is 4.52 Å². The standard InChI is InChI=1S/C13H22N4O3/c1-8(13-16-11(7-19-2)17-20-13)15-10-6-4-3-5-9(10)12(14)18/h8-10,15H,3-7H2,1-2H3,(H2,14,18)/t8-,9+,10+/m1/s1. The Kier molecular flexibility index (Phi) is 5.08. The summed E-state index contributed by atoms with van der Waals surface area (Å²) >= 11 is 0. The van der Waals surface area contributed by atoms with Crippen LogP contribution in [0.25, 0.3) is 0 Å². The van der Waals surface area contributed by atoms with Gasteiger partial charge in [-0.05, 0) is 19.8 Å². The third kappa shape index (κ3) is 3.55. The van der Waals surface area contributed by atoms with Gasteiger partial charge in [-0.25, -0.2) is 0 Å². The highest BCUT2D eigenvalue weighted by Crippen LogP contribution is 2.26. The number of nitrogens with one attached hydrogen (secondary N) is 1. The summed E-state index contributed by atoms with van der Waals surface area (Å²) in [5.41, 5.74) is 5.47. The molecule has 112 valence electrons. The van der Waals surface area contributed by atoms with Crippen LogP contribution in [0.3, 0.4) is 0 Å². The van der Waals surface area contributed by atoms with E-state index in [1.165, 1.54) is 0 Å². The first-order valence-corrected chi connectivity index (χ1v) is 6.98. The highest BCUT2D eigenvalue weighted by molar-refractivity contribution is 5.77. The third-order valence-corrected chi connectivity index (χ3v) is 3.72. The fourth-order valence-electron chi connectivity index (χ4n) is 2.69. The van der Waals surface area contributed by atoms with Crippen LogP contribution < -0.4 is 11.1 Å². The van der Waals surface area contributed by atoms with Crippen LogP contribution in [0, 0.1) is 5.92 Å². The van der Waals surface area contributed by atoms with Gasteiger partial charge in [-0.2, -0.15) is 4.98 Å². The Labute approximate surface area is 118 Å². The zero-order valence-electron chi connectivity index (χ0n) is 12.0. The minimum atomic E-state index is -0.236. The number of nitrogens with two attached hydrogens (primary N) is 1. The maximum atomic E-state index is 11.5. The fraction of sp³-hybridized carbons (Fsp3) is 0.769. The van der Waals surface area contributed by atoms with Crippen LogP contribution in [0.2, 0.25) is 0 Å². The van der Waals surface area contributed by atoms with E-state index in [2.05, 4.69) is 15.5 Å². The SMILES string of the molecule is COCc1noc([C@@H](C)N[C@H]2CCCC[C@@H]2C(N)=O)n1. The van der Waals surface area contributed by atoms with Crippen molar-refractivity contribution in [3.63, 3.8) is 0 Å². The highest BCUT2D eigenvalue weighted by atomic mass is 16.5. The molecule has 1 fully saturated rings. The van der Waals surface area contributed by atoms with Crippen molar-refractivity contribution in [2.45, 2.75) is 51.3 Å². The first kappa shape index (κ1) is 14.9. The summed E-state index contributed by atoms with van der Waals surface area (Å²) in [5.74, 6) is 0.671. The number of methoxy groups -OCH3 is 1. The quantitative estimate of drug-likeness (QED) is 0.804. The minimum Gasteiger partial charge on any atom is -0.377 e. The smallest absolute Gasteiger partial charge is 0.243 e. The van der Waals surface area contributed by atoms with Gasteiger partial charge in [-0.3, -0.25) is 4.79 Å². The van der Waals surface area contributed by atoms with Gasteiger partial charge in [0.1, 0.15) is 6.61 Å². The Balaban J connectivity index is 1.97. The van der Waals surface area contributed by atoms with Gasteiger partial charge >= 0.3 is 0 Å². The van der Waals surface area contributed by atoms with Crippen molar-refractivity contribution in [1.29, 1.82) is 0 Å². The minimum absolute atomic E-state index is 0.0778. The van der Waals surface area contributed by atoms with Gasteiger partial charge in [-0.1, -0.05) is 18.0 Å². The van der Waals surface area contributed by atoms with Crippen molar-refractivity contribution in [3.8, 4) is 0 Å². The van der Waals surface area contributed by atoms with Crippen molar-refractivity contribution >= 4 is 5.91 Å². The molecular formula is C13H22N4O3. The largest absolute Gasteiger partial charge is 0.377 e. The van der Waals surface area contributed by atoms with Crippen molar-refractivity contribution in [2.75, 3.05) is 7.11 Å². The second-order valence-corrected chi connectivity index (χ2v) is 5.27. The van der Waals surface area contributed by atoms with Crippen LogP contribution in [-0.4, -0.2) is 29.2 Å². The normalized spacial score (nSPS) is 24.5. The zero-order chi connectivity index (χ0) is 14.5. The van der Waals surface area contributed by atoms with E-state index in [9.17, 15) is 4.79 Å². The van der Waals surface area contributed by atoms with E-state index in [-0.39, 0.29) is 23.9 Å². The molecule has 1 amide bonds. The number of rotatable bonds is 6. The lowest BCUT2D eigenvalue weighted by Gasteiger charge is -2.31. The Morgan fingerprint density at radius 2 is 2.30 bits per heavy atom. The molecule has 0 radical (unpaired) electrons. The molecule has 0 aliphatic heterocycles. The summed E-state index contributed by atoms with van der Waals surface area (Å²) < 4.78 is 10.1. The number of carbonyl (C=O) groups is 1. The molecule has 0 aromatic carbocycles. The van der Waals surface area contributed by atoms with Gasteiger partial charge in [0.25, 0.3) is 0 Å². The van der Waals surface area contributed by atoms with Crippen LogP contribution in [-0.2, 0) is 16.1 Å². The molecular weight excluding hydrogens is 260 g/mol. The lowest BCUT2D eigenvalue weighted by atomic mass is 9.83. The van der Waals surface area contributed by atoms with Gasteiger partial charge in [0, 0.05) is 13.2 Å². The van der Waals surface area contributed by atoms with E-state index in [1.54, 1.807) is 7.11 Å². The lowest BCUT2D eigenvalue weighted by molar-refractivity contribution is -0.123. The third-order valence-electron chi connectivity index (χ3n) is 3.72. The summed E-state index contributed by atoms with van der Waals surface area (Å²) in [5, 5.41) is 7.22. The molecule has 3 N–H and O–H groups in total. The topological polar surface area (TPSA) is 103 Å². The molecule has 1 heterocycles.